The van der Waals surface area contributed by atoms with Crippen molar-refractivity contribution < 1.29 is 9.53 Å². The van der Waals surface area contributed by atoms with Crippen LogP contribution in [0.3, 0.4) is 0 Å². The number of halogens is 1. The van der Waals surface area contributed by atoms with E-state index in [2.05, 4.69) is 5.32 Å². The molecular formula is C15H23ClN2O2. The summed E-state index contributed by atoms with van der Waals surface area (Å²) in [4.78, 5) is 11.6. The monoisotopic (exact) mass is 298 g/mol. The van der Waals surface area contributed by atoms with Gasteiger partial charge in [0.15, 0.2) is 0 Å². The maximum absolute atomic E-state index is 11.6. The van der Waals surface area contributed by atoms with E-state index >= 15 is 0 Å². The Hall–Kier alpha value is -1.26. The average molecular weight is 299 g/mol. The van der Waals surface area contributed by atoms with E-state index in [1.807, 2.05) is 31.2 Å². The highest BCUT2D eigenvalue weighted by Gasteiger charge is 2.28. The third-order valence-electron chi connectivity index (χ3n) is 3.35. The zero-order chi connectivity index (χ0) is 13.7. The standard InChI is InChI=1S/C15H22N2O2.ClH/c1-11-3-2-4-13(9-11)19-8-7-15(18)17-10-14(16)12-5-6-12;/h2-4,9,12,14H,5-8,10,16H2,1H3,(H,17,18);1H. The summed E-state index contributed by atoms with van der Waals surface area (Å²) in [5.74, 6) is 1.43. The Morgan fingerprint density at radius 2 is 2.25 bits per heavy atom. The highest BCUT2D eigenvalue weighted by molar-refractivity contribution is 5.85. The maximum atomic E-state index is 11.6. The second-order valence-corrected chi connectivity index (χ2v) is 5.22. The summed E-state index contributed by atoms with van der Waals surface area (Å²) >= 11 is 0. The molecule has 1 aliphatic rings. The molecule has 0 bridgehead atoms. The lowest BCUT2D eigenvalue weighted by molar-refractivity contribution is -0.121. The number of benzene rings is 1. The molecule has 2 rings (SSSR count). The van der Waals surface area contributed by atoms with Gasteiger partial charge >= 0.3 is 0 Å². The van der Waals surface area contributed by atoms with E-state index in [9.17, 15) is 4.79 Å². The zero-order valence-electron chi connectivity index (χ0n) is 11.8. The number of aryl methyl sites for hydroxylation is 1. The van der Waals surface area contributed by atoms with Gasteiger partial charge in [0.2, 0.25) is 5.91 Å². The number of amides is 1. The Labute approximate surface area is 126 Å². The SMILES string of the molecule is Cc1cccc(OCCC(=O)NCC(N)C2CC2)c1.Cl. The van der Waals surface area contributed by atoms with Crippen molar-refractivity contribution in [3.63, 3.8) is 0 Å². The number of carbonyl (C=O) groups excluding carboxylic acids is 1. The molecule has 4 nitrogen and oxygen atoms in total. The summed E-state index contributed by atoms with van der Waals surface area (Å²) in [7, 11) is 0. The third kappa shape index (κ3) is 5.80. The molecule has 5 heteroatoms. The van der Waals surface area contributed by atoms with Crippen molar-refractivity contribution in [2.75, 3.05) is 13.2 Å². The van der Waals surface area contributed by atoms with E-state index in [1.165, 1.54) is 12.8 Å². The second-order valence-electron chi connectivity index (χ2n) is 5.22. The van der Waals surface area contributed by atoms with E-state index in [4.69, 9.17) is 10.5 Å². The van der Waals surface area contributed by atoms with Crippen LogP contribution in [0.2, 0.25) is 0 Å². The van der Waals surface area contributed by atoms with E-state index in [0.29, 0.717) is 25.5 Å². The lowest BCUT2D eigenvalue weighted by atomic mass is 10.2. The molecule has 1 amide bonds. The van der Waals surface area contributed by atoms with Gasteiger partial charge in [-0.1, -0.05) is 12.1 Å². The Bertz CT molecular complexity index is 436. The Kier molecular flexibility index (Phi) is 6.82. The van der Waals surface area contributed by atoms with Crippen molar-refractivity contribution in [1.29, 1.82) is 0 Å². The van der Waals surface area contributed by atoms with Crippen LogP contribution in [0.4, 0.5) is 0 Å². The molecule has 1 aromatic carbocycles. The van der Waals surface area contributed by atoms with Crippen LogP contribution in [0.15, 0.2) is 24.3 Å². The van der Waals surface area contributed by atoms with Gasteiger partial charge in [-0.05, 0) is 43.4 Å². The highest BCUT2D eigenvalue weighted by atomic mass is 35.5. The van der Waals surface area contributed by atoms with Gasteiger partial charge in [0.1, 0.15) is 5.75 Å². The molecule has 1 fully saturated rings. The molecule has 20 heavy (non-hydrogen) atoms. The number of ether oxygens (including phenoxy) is 1. The molecule has 112 valence electrons. The van der Waals surface area contributed by atoms with Crippen LogP contribution >= 0.6 is 12.4 Å². The molecule has 1 atom stereocenters. The van der Waals surface area contributed by atoms with Crippen LogP contribution in [-0.4, -0.2) is 25.1 Å². The van der Waals surface area contributed by atoms with Crippen molar-refractivity contribution in [2.45, 2.75) is 32.2 Å². The third-order valence-corrected chi connectivity index (χ3v) is 3.35. The van der Waals surface area contributed by atoms with Crippen molar-refractivity contribution in [3.05, 3.63) is 29.8 Å². The largest absolute Gasteiger partial charge is 0.493 e. The first-order chi connectivity index (χ1) is 9.15. The molecule has 0 radical (unpaired) electrons. The van der Waals surface area contributed by atoms with Gasteiger partial charge in [0, 0.05) is 12.6 Å². The van der Waals surface area contributed by atoms with E-state index in [0.717, 1.165) is 11.3 Å². The van der Waals surface area contributed by atoms with Gasteiger partial charge in [0.25, 0.3) is 0 Å². The topological polar surface area (TPSA) is 64.3 Å². The first-order valence-electron chi connectivity index (χ1n) is 6.87. The lowest BCUT2D eigenvalue weighted by Gasteiger charge is -2.12. The second kappa shape index (κ2) is 8.12. The first-order valence-corrected chi connectivity index (χ1v) is 6.87. The van der Waals surface area contributed by atoms with Gasteiger partial charge in [-0.25, -0.2) is 0 Å². The molecule has 3 N–H and O–H groups in total. The molecule has 1 unspecified atom stereocenters. The summed E-state index contributed by atoms with van der Waals surface area (Å²) in [6, 6.07) is 7.93. The molecule has 0 aliphatic heterocycles. The minimum atomic E-state index is 0. The molecular weight excluding hydrogens is 276 g/mol. The minimum absolute atomic E-state index is 0. The molecule has 1 saturated carbocycles. The zero-order valence-corrected chi connectivity index (χ0v) is 12.6. The summed E-state index contributed by atoms with van der Waals surface area (Å²) < 4.78 is 5.53. The number of nitrogens with two attached hydrogens (primary N) is 1. The van der Waals surface area contributed by atoms with E-state index in [1.54, 1.807) is 0 Å². The van der Waals surface area contributed by atoms with Crippen molar-refractivity contribution in [2.24, 2.45) is 11.7 Å². The Morgan fingerprint density at radius 1 is 1.50 bits per heavy atom. The summed E-state index contributed by atoms with van der Waals surface area (Å²) in [5, 5.41) is 2.86. The van der Waals surface area contributed by atoms with Gasteiger partial charge in [0.05, 0.1) is 13.0 Å². The molecule has 0 spiro atoms. The fourth-order valence-electron chi connectivity index (χ4n) is 1.98. The number of carbonyl (C=O) groups is 1. The average Bonchev–Trinajstić information content (AvgIpc) is 3.20. The number of hydrogen-bond donors (Lipinski definition) is 2. The molecule has 0 heterocycles. The van der Waals surface area contributed by atoms with Crippen LogP contribution in [-0.2, 0) is 4.79 Å². The predicted molar refractivity (Wildman–Crippen MR) is 82.2 cm³/mol. The van der Waals surface area contributed by atoms with Gasteiger partial charge in [-0.15, -0.1) is 12.4 Å². The fraction of sp³-hybridized carbons (Fsp3) is 0.533. The molecule has 0 aromatic heterocycles. The summed E-state index contributed by atoms with van der Waals surface area (Å²) in [5.41, 5.74) is 7.07. The quantitative estimate of drug-likeness (QED) is 0.809. The fourth-order valence-corrected chi connectivity index (χ4v) is 1.98. The van der Waals surface area contributed by atoms with Crippen molar-refractivity contribution >= 4 is 18.3 Å². The van der Waals surface area contributed by atoms with Crippen LogP contribution < -0.4 is 15.8 Å². The van der Waals surface area contributed by atoms with Gasteiger partial charge in [-0.2, -0.15) is 0 Å². The van der Waals surface area contributed by atoms with Gasteiger partial charge < -0.3 is 15.8 Å². The lowest BCUT2D eigenvalue weighted by Crippen LogP contribution is -2.38. The van der Waals surface area contributed by atoms with Crippen molar-refractivity contribution in [3.8, 4) is 5.75 Å². The summed E-state index contributed by atoms with van der Waals surface area (Å²) in [6.07, 6.45) is 2.77. The number of rotatable bonds is 7. The Morgan fingerprint density at radius 3 is 2.90 bits per heavy atom. The number of nitrogens with one attached hydrogen (secondary N) is 1. The predicted octanol–water partition coefficient (Wildman–Crippen LogP) is 2.04. The molecule has 1 aliphatic carbocycles. The normalized spacial score (nSPS) is 15.1. The minimum Gasteiger partial charge on any atom is -0.493 e. The smallest absolute Gasteiger partial charge is 0.223 e. The van der Waals surface area contributed by atoms with E-state index in [-0.39, 0.29) is 24.4 Å². The highest BCUT2D eigenvalue weighted by Crippen LogP contribution is 2.31. The van der Waals surface area contributed by atoms with Crippen LogP contribution in [0, 0.1) is 12.8 Å². The Balaban J connectivity index is 0.00000200. The van der Waals surface area contributed by atoms with E-state index < -0.39 is 0 Å². The summed E-state index contributed by atoms with van der Waals surface area (Å²) in [6.45, 7) is 2.99. The molecule has 1 aromatic rings. The van der Waals surface area contributed by atoms with Crippen LogP contribution in [0.25, 0.3) is 0 Å². The maximum Gasteiger partial charge on any atom is 0.223 e. The molecule has 0 saturated heterocycles. The van der Waals surface area contributed by atoms with Crippen LogP contribution in [0.5, 0.6) is 5.75 Å². The first kappa shape index (κ1) is 16.8. The van der Waals surface area contributed by atoms with Crippen LogP contribution in [0.1, 0.15) is 24.8 Å². The number of hydrogen-bond acceptors (Lipinski definition) is 3. The van der Waals surface area contributed by atoms with Crippen molar-refractivity contribution in [1.82, 2.24) is 5.32 Å². The van der Waals surface area contributed by atoms with Gasteiger partial charge in [-0.3, -0.25) is 4.79 Å².